The van der Waals surface area contributed by atoms with Crippen molar-refractivity contribution in [2.24, 2.45) is 5.92 Å². The number of carboxylic acid groups (broad SMARTS) is 1. The van der Waals surface area contributed by atoms with E-state index < -0.39 is 12.0 Å². The van der Waals surface area contributed by atoms with Crippen molar-refractivity contribution in [2.75, 3.05) is 6.61 Å². The summed E-state index contributed by atoms with van der Waals surface area (Å²) < 4.78 is 7.78. The van der Waals surface area contributed by atoms with E-state index in [1.54, 1.807) is 6.92 Å². The molecule has 1 N–H and O–H groups in total. The number of hydrogen-bond donors (Lipinski definition) is 1. The lowest BCUT2D eigenvalue weighted by Crippen LogP contribution is -2.36. The third-order valence-corrected chi connectivity index (χ3v) is 3.35. The first kappa shape index (κ1) is 12.8. The number of aromatic nitrogens is 3. The highest BCUT2D eigenvalue weighted by atomic mass is 16.5. The molecule has 1 aromatic heterocycles. The van der Waals surface area contributed by atoms with Crippen LogP contribution in [0.2, 0.25) is 0 Å². The Balaban J connectivity index is 2.45. The number of rotatable bonds is 4. The lowest BCUT2D eigenvalue weighted by molar-refractivity contribution is -0.143. The van der Waals surface area contributed by atoms with Gasteiger partial charge >= 0.3 is 11.7 Å². The molecule has 0 amide bonds. The summed E-state index contributed by atoms with van der Waals surface area (Å²) in [6.07, 6.45) is 0.669. The van der Waals surface area contributed by atoms with Gasteiger partial charge in [-0.3, -0.25) is 4.57 Å². The second-order valence-corrected chi connectivity index (χ2v) is 4.52. The van der Waals surface area contributed by atoms with Gasteiger partial charge in [0.1, 0.15) is 6.61 Å². The van der Waals surface area contributed by atoms with E-state index in [-0.39, 0.29) is 18.2 Å². The van der Waals surface area contributed by atoms with Crippen molar-refractivity contribution >= 4 is 5.97 Å². The van der Waals surface area contributed by atoms with Crippen LogP contribution in [0.15, 0.2) is 4.79 Å². The van der Waals surface area contributed by atoms with E-state index in [0.717, 1.165) is 4.68 Å². The van der Waals surface area contributed by atoms with E-state index >= 15 is 0 Å². The molecule has 2 atom stereocenters. The zero-order valence-electron chi connectivity index (χ0n) is 10.5. The SMILES string of the molecule is CC[C@@H](C)[C@H](C(=O)O)n1nc2n(c1=O)CCOC2. The van der Waals surface area contributed by atoms with Crippen LogP contribution in [-0.2, 0) is 22.7 Å². The highest BCUT2D eigenvalue weighted by Gasteiger charge is 2.30. The van der Waals surface area contributed by atoms with E-state index in [0.29, 0.717) is 25.4 Å². The maximum absolute atomic E-state index is 12.1. The molecule has 0 aromatic carbocycles. The first-order valence-electron chi connectivity index (χ1n) is 6.05. The fourth-order valence-electron chi connectivity index (χ4n) is 2.10. The fraction of sp³-hybridized carbons (Fsp3) is 0.727. The highest BCUT2D eigenvalue weighted by molar-refractivity contribution is 5.72. The predicted octanol–water partition coefficient (Wildman–Crippen LogP) is 0.247. The van der Waals surface area contributed by atoms with Crippen LogP contribution < -0.4 is 5.69 Å². The van der Waals surface area contributed by atoms with Crippen LogP contribution in [0.1, 0.15) is 32.1 Å². The summed E-state index contributed by atoms with van der Waals surface area (Å²) in [6.45, 7) is 4.85. The average Bonchev–Trinajstić information content (AvgIpc) is 2.67. The topological polar surface area (TPSA) is 86.4 Å². The lowest BCUT2D eigenvalue weighted by atomic mass is 10.00. The molecule has 0 unspecified atom stereocenters. The standard InChI is InChI=1S/C11H17N3O4/c1-3-7(2)9(10(15)16)14-11(17)13-4-5-18-6-8(13)12-14/h7,9H,3-6H2,1-2H3,(H,15,16)/t7-,9-/m1/s1. The Morgan fingerprint density at radius 2 is 2.33 bits per heavy atom. The predicted molar refractivity (Wildman–Crippen MR) is 62.3 cm³/mol. The van der Waals surface area contributed by atoms with Gasteiger partial charge in [0.2, 0.25) is 0 Å². The third-order valence-electron chi connectivity index (χ3n) is 3.35. The quantitative estimate of drug-likeness (QED) is 0.833. The zero-order valence-corrected chi connectivity index (χ0v) is 10.5. The molecule has 0 radical (unpaired) electrons. The van der Waals surface area contributed by atoms with Gasteiger partial charge in [-0.05, 0) is 5.92 Å². The number of hydrogen-bond acceptors (Lipinski definition) is 4. The van der Waals surface area contributed by atoms with E-state index in [1.165, 1.54) is 4.57 Å². The fourth-order valence-corrected chi connectivity index (χ4v) is 2.10. The van der Waals surface area contributed by atoms with E-state index in [1.807, 2.05) is 6.92 Å². The molecule has 1 aromatic rings. The lowest BCUT2D eigenvalue weighted by Gasteiger charge is -2.17. The van der Waals surface area contributed by atoms with Gasteiger partial charge in [0, 0.05) is 0 Å². The molecule has 0 saturated carbocycles. The molecule has 0 spiro atoms. The number of fused-ring (bicyclic) bond motifs is 1. The van der Waals surface area contributed by atoms with Crippen LogP contribution in [0, 0.1) is 5.92 Å². The highest BCUT2D eigenvalue weighted by Crippen LogP contribution is 2.19. The van der Waals surface area contributed by atoms with Gasteiger partial charge in [-0.25, -0.2) is 9.59 Å². The smallest absolute Gasteiger partial charge is 0.346 e. The molecule has 0 aliphatic carbocycles. The molecular formula is C11H17N3O4. The second kappa shape index (κ2) is 4.93. The zero-order chi connectivity index (χ0) is 13.3. The molecule has 7 heteroatoms. The van der Waals surface area contributed by atoms with E-state index in [2.05, 4.69) is 5.10 Å². The minimum absolute atomic E-state index is 0.155. The normalized spacial score (nSPS) is 18.1. The van der Waals surface area contributed by atoms with Gasteiger partial charge in [-0.15, -0.1) is 0 Å². The summed E-state index contributed by atoms with van der Waals surface area (Å²) in [7, 11) is 0. The van der Waals surface area contributed by atoms with Crippen LogP contribution in [-0.4, -0.2) is 32.0 Å². The van der Waals surface area contributed by atoms with Crippen molar-refractivity contribution in [3.63, 3.8) is 0 Å². The summed E-state index contributed by atoms with van der Waals surface area (Å²) in [5, 5.41) is 13.4. The Bertz CT molecular complexity index is 505. The Labute approximate surface area is 104 Å². The van der Waals surface area contributed by atoms with Crippen LogP contribution in [0.3, 0.4) is 0 Å². The number of nitrogens with zero attached hydrogens (tertiary/aromatic N) is 3. The van der Waals surface area contributed by atoms with Crippen molar-refractivity contribution in [1.82, 2.24) is 14.3 Å². The number of aliphatic carboxylic acids is 1. The van der Waals surface area contributed by atoms with Crippen LogP contribution in [0.4, 0.5) is 0 Å². The number of carbonyl (C=O) groups is 1. The van der Waals surface area contributed by atoms with Crippen molar-refractivity contribution in [3.8, 4) is 0 Å². The summed E-state index contributed by atoms with van der Waals surface area (Å²) >= 11 is 0. The second-order valence-electron chi connectivity index (χ2n) is 4.52. The minimum Gasteiger partial charge on any atom is -0.480 e. The van der Waals surface area contributed by atoms with E-state index in [4.69, 9.17) is 4.74 Å². The van der Waals surface area contributed by atoms with Crippen molar-refractivity contribution in [2.45, 2.75) is 39.5 Å². The Morgan fingerprint density at radius 3 is 2.89 bits per heavy atom. The number of carboxylic acids is 1. The molecule has 0 saturated heterocycles. The van der Waals surface area contributed by atoms with Gasteiger partial charge in [0.25, 0.3) is 0 Å². The van der Waals surface area contributed by atoms with Crippen LogP contribution in [0.5, 0.6) is 0 Å². The largest absolute Gasteiger partial charge is 0.480 e. The molecule has 1 aliphatic heterocycles. The average molecular weight is 255 g/mol. The Kier molecular flexibility index (Phi) is 3.51. The van der Waals surface area contributed by atoms with Gasteiger partial charge < -0.3 is 9.84 Å². The molecule has 0 bridgehead atoms. The first-order valence-corrected chi connectivity index (χ1v) is 6.05. The van der Waals surface area contributed by atoms with Crippen LogP contribution >= 0.6 is 0 Å². The summed E-state index contributed by atoms with van der Waals surface area (Å²) in [6, 6.07) is -0.916. The minimum atomic E-state index is -1.03. The molecule has 100 valence electrons. The van der Waals surface area contributed by atoms with Gasteiger partial charge in [0.15, 0.2) is 11.9 Å². The summed E-state index contributed by atoms with van der Waals surface area (Å²) in [4.78, 5) is 23.4. The maximum Gasteiger partial charge on any atom is 0.346 e. The Morgan fingerprint density at radius 1 is 1.61 bits per heavy atom. The molecular weight excluding hydrogens is 238 g/mol. The number of ether oxygens (including phenoxy) is 1. The summed E-state index contributed by atoms with van der Waals surface area (Å²) in [5.74, 6) is -0.679. The monoisotopic (exact) mass is 255 g/mol. The van der Waals surface area contributed by atoms with Crippen molar-refractivity contribution < 1.29 is 14.6 Å². The van der Waals surface area contributed by atoms with Gasteiger partial charge in [-0.1, -0.05) is 20.3 Å². The molecule has 1 aliphatic rings. The Hall–Kier alpha value is -1.63. The first-order chi connectivity index (χ1) is 8.56. The summed E-state index contributed by atoms with van der Waals surface area (Å²) in [5.41, 5.74) is -0.360. The third kappa shape index (κ3) is 2.05. The molecule has 0 fully saturated rings. The molecule has 7 nitrogen and oxygen atoms in total. The molecule has 2 heterocycles. The maximum atomic E-state index is 12.1. The van der Waals surface area contributed by atoms with Crippen molar-refractivity contribution in [1.29, 1.82) is 0 Å². The molecule has 18 heavy (non-hydrogen) atoms. The van der Waals surface area contributed by atoms with Gasteiger partial charge in [-0.2, -0.15) is 9.78 Å². The molecule has 2 rings (SSSR count). The van der Waals surface area contributed by atoms with Crippen LogP contribution in [0.25, 0.3) is 0 Å². The van der Waals surface area contributed by atoms with E-state index in [9.17, 15) is 14.7 Å². The van der Waals surface area contributed by atoms with Crippen molar-refractivity contribution in [3.05, 3.63) is 16.3 Å². The van der Waals surface area contributed by atoms with Gasteiger partial charge in [0.05, 0.1) is 13.2 Å².